The molecule has 1 saturated carbocycles. The van der Waals surface area contributed by atoms with Crippen LogP contribution in [0.4, 0.5) is 0 Å². The normalized spacial score (nSPS) is 29.5. The summed E-state index contributed by atoms with van der Waals surface area (Å²) in [4.78, 5) is 0. The zero-order valence-electron chi connectivity index (χ0n) is 10.2. The molecule has 0 aromatic heterocycles. The molecule has 2 heteroatoms. The Morgan fingerprint density at radius 3 is 2.20 bits per heavy atom. The van der Waals surface area contributed by atoms with Gasteiger partial charge in [-0.25, -0.2) is 0 Å². The average molecular weight is 209 g/mol. The molecule has 1 rings (SSSR count). The van der Waals surface area contributed by atoms with E-state index in [2.05, 4.69) is 26.8 Å². The lowest BCUT2D eigenvalue weighted by atomic mass is 9.69. The van der Waals surface area contributed by atoms with Crippen LogP contribution < -0.4 is 0 Å². The summed E-state index contributed by atoms with van der Waals surface area (Å²) in [6.07, 6.45) is 4.49. The third-order valence-corrected chi connectivity index (χ3v) is 3.84. The van der Waals surface area contributed by atoms with E-state index in [9.17, 15) is 5.11 Å². The second-order valence-corrected chi connectivity index (χ2v) is 5.91. The maximum Gasteiger partial charge on any atom is 0.0698 e. The van der Waals surface area contributed by atoms with E-state index in [4.69, 9.17) is 5.26 Å². The Hall–Kier alpha value is -0.550. The van der Waals surface area contributed by atoms with Gasteiger partial charge in [0.15, 0.2) is 0 Å². The van der Waals surface area contributed by atoms with E-state index in [1.165, 1.54) is 12.8 Å². The van der Waals surface area contributed by atoms with E-state index in [0.29, 0.717) is 17.8 Å². The van der Waals surface area contributed by atoms with Gasteiger partial charge in [0, 0.05) is 0 Å². The molecule has 0 bridgehead atoms. The standard InChI is InChI=1S/C13H23NO/c1-13(2,3)11-6-4-10(5-7-11)12(15)8-9-14/h10-12,15H,4-8H2,1-3H3. The first-order valence-corrected chi connectivity index (χ1v) is 6.00. The minimum Gasteiger partial charge on any atom is -0.392 e. The van der Waals surface area contributed by atoms with Crippen molar-refractivity contribution >= 4 is 0 Å². The molecule has 86 valence electrons. The van der Waals surface area contributed by atoms with E-state index < -0.39 is 6.10 Å². The highest BCUT2D eigenvalue weighted by Gasteiger charge is 2.31. The minimum absolute atomic E-state index is 0.296. The number of rotatable bonds is 2. The van der Waals surface area contributed by atoms with Crippen molar-refractivity contribution in [2.45, 2.75) is 59.0 Å². The number of nitrogens with zero attached hydrogens (tertiary/aromatic N) is 1. The lowest BCUT2D eigenvalue weighted by molar-refractivity contribution is 0.0563. The SMILES string of the molecule is CC(C)(C)C1CCC(C(O)CC#N)CC1. The summed E-state index contributed by atoms with van der Waals surface area (Å²) < 4.78 is 0. The summed E-state index contributed by atoms with van der Waals surface area (Å²) >= 11 is 0. The molecule has 0 saturated heterocycles. The van der Waals surface area contributed by atoms with Crippen molar-refractivity contribution in [3.8, 4) is 6.07 Å². The van der Waals surface area contributed by atoms with Gasteiger partial charge in [-0.15, -0.1) is 0 Å². The van der Waals surface area contributed by atoms with Gasteiger partial charge in [0.05, 0.1) is 18.6 Å². The predicted octanol–water partition coefficient (Wildman–Crippen LogP) is 3.11. The Labute approximate surface area is 93.3 Å². The molecule has 0 spiro atoms. The van der Waals surface area contributed by atoms with Crippen molar-refractivity contribution in [3.63, 3.8) is 0 Å². The highest BCUT2D eigenvalue weighted by molar-refractivity contribution is 4.86. The Morgan fingerprint density at radius 2 is 1.80 bits per heavy atom. The summed E-state index contributed by atoms with van der Waals surface area (Å²) in [6.45, 7) is 6.89. The number of hydrogen-bond donors (Lipinski definition) is 1. The number of aliphatic hydroxyl groups excluding tert-OH is 1. The predicted molar refractivity (Wildman–Crippen MR) is 61.1 cm³/mol. The van der Waals surface area contributed by atoms with Crippen LogP contribution in [0, 0.1) is 28.6 Å². The molecule has 1 N–H and O–H groups in total. The molecular weight excluding hydrogens is 186 g/mol. The maximum atomic E-state index is 9.74. The van der Waals surface area contributed by atoms with Crippen molar-refractivity contribution in [3.05, 3.63) is 0 Å². The van der Waals surface area contributed by atoms with E-state index >= 15 is 0 Å². The van der Waals surface area contributed by atoms with Gasteiger partial charge in [-0.2, -0.15) is 5.26 Å². The van der Waals surface area contributed by atoms with Crippen molar-refractivity contribution in [2.75, 3.05) is 0 Å². The molecule has 0 aliphatic heterocycles. The highest BCUT2D eigenvalue weighted by Crippen LogP contribution is 2.40. The van der Waals surface area contributed by atoms with Crippen LogP contribution in [0.3, 0.4) is 0 Å². The van der Waals surface area contributed by atoms with Crippen LogP contribution in [-0.2, 0) is 0 Å². The first kappa shape index (κ1) is 12.5. The molecule has 0 heterocycles. The van der Waals surface area contributed by atoms with Gasteiger partial charge in [0.2, 0.25) is 0 Å². The highest BCUT2D eigenvalue weighted by atomic mass is 16.3. The number of nitriles is 1. The van der Waals surface area contributed by atoms with Crippen molar-refractivity contribution in [1.29, 1.82) is 5.26 Å². The first-order valence-electron chi connectivity index (χ1n) is 6.00. The quantitative estimate of drug-likeness (QED) is 0.759. The van der Waals surface area contributed by atoms with Crippen molar-refractivity contribution < 1.29 is 5.11 Å². The smallest absolute Gasteiger partial charge is 0.0698 e. The van der Waals surface area contributed by atoms with E-state index in [0.717, 1.165) is 18.8 Å². The van der Waals surface area contributed by atoms with Gasteiger partial charge < -0.3 is 5.11 Å². The molecule has 1 fully saturated rings. The molecular formula is C13H23NO. The lowest BCUT2D eigenvalue weighted by Crippen LogP contribution is -2.30. The summed E-state index contributed by atoms with van der Waals surface area (Å²) in [5.74, 6) is 1.14. The molecule has 1 aliphatic rings. The van der Waals surface area contributed by atoms with Crippen molar-refractivity contribution in [1.82, 2.24) is 0 Å². The summed E-state index contributed by atoms with van der Waals surface area (Å²) in [5, 5.41) is 18.3. The Morgan fingerprint density at radius 1 is 1.27 bits per heavy atom. The Bertz CT molecular complexity index is 228. The molecule has 0 aromatic rings. The van der Waals surface area contributed by atoms with Gasteiger partial charge in [-0.05, 0) is 42.9 Å². The van der Waals surface area contributed by atoms with E-state index in [-0.39, 0.29) is 0 Å². The zero-order valence-corrected chi connectivity index (χ0v) is 10.2. The van der Waals surface area contributed by atoms with E-state index in [1.54, 1.807) is 0 Å². The fraction of sp³-hybridized carbons (Fsp3) is 0.923. The Kier molecular flexibility index (Phi) is 4.16. The molecule has 0 aromatic carbocycles. The molecule has 0 radical (unpaired) electrons. The monoisotopic (exact) mass is 209 g/mol. The third kappa shape index (κ3) is 3.50. The number of aliphatic hydroxyl groups is 1. The molecule has 0 amide bonds. The topological polar surface area (TPSA) is 44.0 Å². The largest absolute Gasteiger partial charge is 0.392 e. The van der Waals surface area contributed by atoms with Gasteiger partial charge in [-0.3, -0.25) is 0 Å². The number of hydrogen-bond acceptors (Lipinski definition) is 2. The second-order valence-electron chi connectivity index (χ2n) is 5.91. The zero-order chi connectivity index (χ0) is 11.5. The van der Waals surface area contributed by atoms with Crippen LogP contribution in [0.1, 0.15) is 52.9 Å². The second kappa shape index (κ2) is 4.99. The lowest BCUT2D eigenvalue weighted by Gasteiger charge is -2.38. The van der Waals surface area contributed by atoms with E-state index in [1.807, 2.05) is 0 Å². The molecule has 15 heavy (non-hydrogen) atoms. The Balaban J connectivity index is 2.40. The summed E-state index contributed by atoms with van der Waals surface area (Å²) in [5.41, 5.74) is 0.394. The van der Waals surface area contributed by atoms with Gasteiger partial charge in [0.25, 0.3) is 0 Å². The van der Waals surface area contributed by atoms with Crippen LogP contribution in [0.25, 0.3) is 0 Å². The maximum absolute atomic E-state index is 9.74. The third-order valence-electron chi connectivity index (χ3n) is 3.84. The molecule has 2 nitrogen and oxygen atoms in total. The minimum atomic E-state index is -0.393. The van der Waals surface area contributed by atoms with Crippen molar-refractivity contribution in [2.24, 2.45) is 17.3 Å². The van der Waals surface area contributed by atoms with Gasteiger partial charge >= 0.3 is 0 Å². The van der Waals surface area contributed by atoms with Gasteiger partial charge in [-0.1, -0.05) is 20.8 Å². The van der Waals surface area contributed by atoms with Gasteiger partial charge in [0.1, 0.15) is 0 Å². The fourth-order valence-corrected chi connectivity index (χ4v) is 2.63. The van der Waals surface area contributed by atoms with Crippen LogP contribution in [-0.4, -0.2) is 11.2 Å². The van der Waals surface area contributed by atoms with Crippen LogP contribution in [0.15, 0.2) is 0 Å². The summed E-state index contributed by atoms with van der Waals surface area (Å²) in [7, 11) is 0. The van der Waals surface area contributed by atoms with Crippen LogP contribution in [0.2, 0.25) is 0 Å². The van der Waals surface area contributed by atoms with Crippen LogP contribution in [0.5, 0.6) is 0 Å². The average Bonchev–Trinajstić information content (AvgIpc) is 2.17. The molecule has 1 unspecified atom stereocenters. The first-order chi connectivity index (χ1) is 6.95. The fourth-order valence-electron chi connectivity index (χ4n) is 2.63. The molecule has 1 atom stereocenters. The molecule has 1 aliphatic carbocycles. The summed E-state index contributed by atoms with van der Waals surface area (Å²) in [6, 6.07) is 2.06. The van der Waals surface area contributed by atoms with Crippen LogP contribution >= 0.6 is 0 Å².